The minimum absolute atomic E-state index is 0.331. The van der Waals surface area contributed by atoms with Crippen molar-refractivity contribution in [1.29, 1.82) is 0 Å². The maximum absolute atomic E-state index is 6.24. The lowest BCUT2D eigenvalue weighted by Gasteiger charge is -2.32. The Kier molecular flexibility index (Phi) is 3.81. The van der Waals surface area contributed by atoms with Crippen LogP contribution in [0.25, 0.3) is 0 Å². The molecule has 22 heavy (non-hydrogen) atoms. The number of rotatable bonds is 4. The van der Waals surface area contributed by atoms with Gasteiger partial charge in [-0.3, -0.25) is 0 Å². The first-order valence-electron chi connectivity index (χ1n) is 8.36. The van der Waals surface area contributed by atoms with Crippen LogP contribution in [0.3, 0.4) is 0 Å². The maximum Gasteiger partial charge on any atom is 0.498 e. The van der Waals surface area contributed by atoms with Crippen molar-refractivity contribution in [2.45, 2.75) is 77.6 Å². The zero-order valence-corrected chi connectivity index (χ0v) is 14.6. The molecule has 1 heterocycles. The first-order valence-corrected chi connectivity index (χ1v) is 8.36. The van der Waals surface area contributed by atoms with Gasteiger partial charge in [-0.1, -0.05) is 32.0 Å². The average molecular weight is 302 g/mol. The second kappa shape index (κ2) is 5.28. The molecule has 1 saturated heterocycles. The monoisotopic (exact) mass is 302 g/mol. The van der Waals surface area contributed by atoms with Crippen molar-refractivity contribution in [2.75, 3.05) is 0 Å². The molecule has 2 fully saturated rings. The summed E-state index contributed by atoms with van der Waals surface area (Å²) in [5, 5.41) is 0. The van der Waals surface area contributed by atoms with Crippen LogP contribution in [0.15, 0.2) is 18.2 Å². The quantitative estimate of drug-likeness (QED) is 0.795. The topological polar surface area (TPSA) is 27.7 Å². The van der Waals surface area contributed by atoms with E-state index in [0.29, 0.717) is 12.0 Å². The van der Waals surface area contributed by atoms with Crippen molar-refractivity contribution in [2.24, 2.45) is 0 Å². The number of hydrogen-bond acceptors (Lipinski definition) is 3. The smallest absolute Gasteiger partial charge is 0.490 e. The predicted octanol–water partition coefficient (Wildman–Crippen LogP) is 3.65. The van der Waals surface area contributed by atoms with E-state index in [2.05, 4.69) is 59.7 Å². The third kappa shape index (κ3) is 2.79. The van der Waals surface area contributed by atoms with Crippen LogP contribution in [0.1, 0.15) is 65.9 Å². The summed E-state index contributed by atoms with van der Waals surface area (Å²) in [6, 6.07) is 6.30. The SMILES string of the molecule is CC(C)c1cccc(B2OC(C)(C)C(C)(C)O2)c1OC1CC1. The molecular formula is C18H27BO3. The first kappa shape index (κ1) is 15.9. The highest BCUT2D eigenvalue weighted by Gasteiger charge is 2.52. The van der Waals surface area contributed by atoms with E-state index >= 15 is 0 Å². The Morgan fingerprint density at radius 2 is 1.68 bits per heavy atom. The second-order valence-electron chi connectivity index (χ2n) is 7.83. The van der Waals surface area contributed by atoms with Crippen molar-refractivity contribution in [1.82, 2.24) is 0 Å². The molecule has 3 nitrogen and oxygen atoms in total. The number of hydrogen-bond donors (Lipinski definition) is 0. The molecule has 1 saturated carbocycles. The fourth-order valence-electron chi connectivity index (χ4n) is 2.67. The van der Waals surface area contributed by atoms with Gasteiger partial charge in [0, 0.05) is 5.46 Å². The zero-order valence-electron chi connectivity index (χ0n) is 14.6. The number of benzene rings is 1. The van der Waals surface area contributed by atoms with Gasteiger partial charge < -0.3 is 14.0 Å². The highest BCUT2D eigenvalue weighted by molar-refractivity contribution is 6.63. The van der Waals surface area contributed by atoms with E-state index < -0.39 is 0 Å². The Bertz CT molecular complexity index is 545. The summed E-state index contributed by atoms with van der Waals surface area (Å²) in [6.45, 7) is 12.7. The van der Waals surface area contributed by atoms with Crippen LogP contribution < -0.4 is 10.2 Å². The van der Waals surface area contributed by atoms with E-state index in [1.165, 1.54) is 5.56 Å². The van der Waals surface area contributed by atoms with Gasteiger partial charge in [0.2, 0.25) is 0 Å². The van der Waals surface area contributed by atoms with Gasteiger partial charge in [0.25, 0.3) is 0 Å². The molecule has 0 bridgehead atoms. The Hall–Kier alpha value is -0.995. The summed E-state index contributed by atoms with van der Waals surface area (Å²) < 4.78 is 18.7. The minimum atomic E-state index is -0.363. The Morgan fingerprint density at radius 3 is 2.18 bits per heavy atom. The van der Waals surface area contributed by atoms with E-state index in [-0.39, 0.29) is 18.3 Å². The molecule has 2 aliphatic rings. The van der Waals surface area contributed by atoms with Gasteiger partial charge in [-0.05, 0) is 52.0 Å². The Morgan fingerprint density at radius 1 is 1.09 bits per heavy atom. The van der Waals surface area contributed by atoms with Crippen molar-refractivity contribution in [3.63, 3.8) is 0 Å². The molecule has 0 aromatic heterocycles. The summed E-state index contributed by atoms with van der Waals surface area (Å²) in [5.41, 5.74) is 1.60. The van der Waals surface area contributed by atoms with Gasteiger partial charge in [0.15, 0.2) is 0 Å². The molecule has 0 N–H and O–H groups in total. The van der Waals surface area contributed by atoms with E-state index in [1.807, 2.05) is 0 Å². The summed E-state index contributed by atoms with van der Waals surface area (Å²) in [7, 11) is -0.363. The molecule has 0 amide bonds. The average Bonchev–Trinajstić information content (AvgIpc) is 3.17. The molecule has 0 radical (unpaired) electrons. The fraction of sp³-hybridized carbons (Fsp3) is 0.667. The molecule has 1 aromatic rings. The minimum Gasteiger partial charge on any atom is -0.490 e. The standard InChI is InChI=1S/C18H27BO3/c1-12(2)14-8-7-9-15(16(14)20-13-10-11-13)19-21-17(3,4)18(5,6)22-19/h7-9,12-13H,10-11H2,1-6H3. The third-order valence-corrected chi connectivity index (χ3v) is 5.01. The molecule has 0 unspecified atom stereocenters. The van der Waals surface area contributed by atoms with Gasteiger partial charge in [0.05, 0.1) is 17.3 Å². The molecule has 4 heteroatoms. The lowest BCUT2D eigenvalue weighted by Crippen LogP contribution is -2.41. The molecule has 0 spiro atoms. The van der Waals surface area contributed by atoms with Gasteiger partial charge >= 0.3 is 7.12 Å². The summed E-state index contributed by atoms with van der Waals surface area (Å²) in [5.74, 6) is 1.38. The second-order valence-corrected chi connectivity index (χ2v) is 7.83. The molecule has 1 aliphatic carbocycles. The van der Waals surface area contributed by atoms with Crippen LogP contribution in [-0.4, -0.2) is 24.4 Å². The Labute approximate surface area is 134 Å². The van der Waals surface area contributed by atoms with E-state index in [4.69, 9.17) is 14.0 Å². The fourth-order valence-corrected chi connectivity index (χ4v) is 2.67. The largest absolute Gasteiger partial charge is 0.498 e. The molecule has 3 rings (SSSR count). The predicted molar refractivity (Wildman–Crippen MR) is 89.9 cm³/mol. The molecule has 0 atom stereocenters. The van der Waals surface area contributed by atoms with Gasteiger partial charge in [0.1, 0.15) is 5.75 Å². The Balaban J connectivity index is 1.98. The van der Waals surface area contributed by atoms with Crippen LogP contribution in [0.5, 0.6) is 5.75 Å². The first-order chi connectivity index (χ1) is 10.2. The van der Waals surface area contributed by atoms with Crippen molar-refractivity contribution in [3.8, 4) is 5.75 Å². The summed E-state index contributed by atoms with van der Waals surface area (Å²) >= 11 is 0. The highest BCUT2D eigenvalue weighted by Crippen LogP contribution is 2.39. The lowest BCUT2D eigenvalue weighted by atomic mass is 9.76. The van der Waals surface area contributed by atoms with E-state index in [0.717, 1.165) is 24.1 Å². The van der Waals surface area contributed by atoms with Crippen LogP contribution in [0.4, 0.5) is 0 Å². The van der Waals surface area contributed by atoms with E-state index in [9.17, 15) is 0 Å². The molecule has 1 aliphatic heterocycles. The number of ether oxygens (including phenoxy) is 1. The van der Waals surface area contributed by atoms with Gasteiger partial charge in [-0.2, -0.15) is 0 Å². The maximum atomic E-state index is 6.24. The van der Waals surface area contributed by atoms with Crippen LogP contribution in [-0.2, 0) is 9.31 Å². The van der Waals surface area contributed by atoms with Gasteiger partial charge in [-0.25, -0.2) is 0 Å². The highest BCUT2D eigenvalue weighted by atomic mass is 16.7. The zero-order chi connectivity index (χ0) is 16.1. The molecule has 120 valence electrons. The normalized spacial score (nSPS) is 23.1. The number of para-hydroxylation sites is 1. The van der Waals surface area contributed by atoms with Crippen LogP contribution >= 0.6 is 0 Å². The van der Waals surface area contributed by atoms with Crippen molar-refractivity contribution >= 4 is 12.6 Å². The third-order valence-electron chi connectivity index (χ3n) is 5.01. The van der Waals surface area contributed by atoms with E-state index in [1.54, 1.807) is 0 Å². The summed E-state index contributed by atoms with van der Waals surface area (Å²) in [6.07, 6.45) is 2.66. The molecular weight excluding hydrogens is 275 g/mol. The van der Waals surface area contributed by atoms with Crippen molar-refractivity contribution in [3.05, 3.63) is 23.8 Å². The van der Waals surface area contributed by atoms with Crippen molar-refractivity contribution < 1.29 is 14.0 Å². The molecule has 1 aromatic carbocycles. The summed E-state index contributed by atoms with van der Waals surface area (Å²) in [4.78, 5) is 0. The lowest BCUT2D eigenvalue weighted by molar-refractivity contribution is 0.00578. The van der Waals surface area contributed by atoms with Gasteiger partial charge in [-0.15, -0.1) is 0 Å². The van der Waals surface area contributed by atoms with Crippen LogP contribution in [0.2, 0.25) is 0 Å². The van der Waals surface area contributed by atoms with Crippen LogP contribution in [0, 0.1) is 0 Å².